The van der Waals surface area contributed by atoms with Gasteiger partial charge in [-0.25, -0.2) is 9.18 Å². The molecule has 0 saturated heterocycles. The van der Waals surface area contributed by atoms with Gasteiger partial charge in [-0.15, -0.1) is 11.8 Å². The van der Waals surface area contributed by atoms with Crippen LogP contribution in [0.5, 0.6) is 0 Å². The van der Waals surface area contributed by atoms with Gasteiger partial charge < -0.3 is 16.0 Å². The normalized spacial score (nSPS) is 28.9. The second-order valence-electron chi connectivity index (χ2n) is 9.33. The standard InChI is InChI=1S/C23H32FN3O2S/c24-19-2-4-20(5-3-19)30-9-1-7-25-21(28)6-8-26-22(29)27-23-13-16-10-17(14-23)12-18(11-16)15-23/h2-5,16-18H,1,6-15H2,(H,25,28)(H2,26,27,29). The Morgan fingerprint density at radius 3 is 2.23 bits per heavy atom. The molecule has 1 aromatic rings. The van der Waals surface area contributed by atoms with E-state index in [-0.39, 0.29) is 23.3 Å². The lowest BCUT2D eigenvalue weighted by atomic mass is 9.53. The molecule has 3 N–H and O–H groups in total. The van der Waals surface area contributed by atoms with E-state index in [4.69, 9.17) is 0 Å². The molecule has 164 valence electrons. The fraction of sp³-hybridized carbons (Fsp3) is 0.652. The molecule has 7 heteroatoms. The van der Waals surface area contributed by atoms with Crippen molar-refractivity contribution in [2.24, 2.45) is 17.8 Å². The molecule has 3 amide bonds. The molecule has 4 aliphatic rings. The van der Waals surface area contributed by atoms with Crippen molar-refractivity contribution >= 4 is 23.7 Å². The van der Waals surface area contributed by atoms with Crippen molar-refractivity contribution in [2.45, 2.75) is 61.8 Å². The largest absolute Gasteiger partial charge is 0.356 e. The van der Waals surface area contributed by atoms with Crippen LogP contribution in [0, 0.1) is 23.6 Å². The number of carbonyl (C=O) groups excluding carboxylic acids is 2. The smallest absolute Gasteiger partial charge is 0.315 e. The number of rotatable bonds is 9. The zero-order valence-electron chi connectivity index (χ0n) is 17.4. The first-order chi connectivity index (χ1) is 14.5. The van der Waals surface area contributed by atoms with Crippen LogP contribution in [0.25, 0.3) is 0 Å². The number of nitrogens with one attached hydrogen (secondary N) is 3. The third kappa shape index (κ3) is 5.68. The summed E-state index contributed by atoms with van der Waals surface area (Å²) in [5.41, 5.74) is 0.00326. The SMILES string of the molecule is O=C(CCNC(=O)NC12CC3CC(CC(C3)C1)C2)NCCCSc1ccc(F)cc1. The molecule has 30 heavy (non-hydrogen) atoms. The second-order valence-corrected chi connectivity index (χ2v) is 10.5. The molecule has 4 bridgehead atoms. The highest BCUT2D eigenvalue weighted by Crippen LogP contribution is 2.55. The van der Waals surface area contributed by atoms with Crippen LogP contribution >= 0.6 is 11.8 Å². The molecule has 0 spiro atoms. The van der Waals surface area contributed by atoms with Gasteiger partial charge >= 0.3 is 6.03 Å². The number of hydrogen-bond donors (Lipinski definition) is 3. The maximum Gasteiger partial charge on any atom is 0.315 e. The van der Waals surface area contributed by atoms with Gasteiger partial charge in [0.05, 0.1) is 0 Å². The van der Waals surface area contributed by atoms with Gasteiger partial charge in [-0.2, -0.15) is 0 Å². The van der Waals surface area contributed by atoms with Crippen molar-refractivity contribution in [3.8, 4) is 0 Å². The molecule has 4 aliphatic carbocycles. The van der Waals surface area contributed by atoms with Gasteiger partial charge in [-0.1, -0.05) is 0 Å². The van der Waals surface area contributed by atoms with E-state index in [1.54, 1.807) is 23.9 Å². The highest BCUT2D eigenvalue weighted by atomic mass is 32.2. The summed E-state index contributed by atoms with van der Waals surface area (Å²) in [6, 6.07) is 6.31. The zero-order chi connectivity index (χ0) is 21.0. The Hall–Kier alpha value is -1.76. The summed E-state index contributed by atoms with van der Waals surface area (Å²) in [6.45, 7) is 0.959. The minimum atomic E-state index is -0.230. The Morgan fingerprint density at radius 1 is 0.967 bits per heavy atom. The average Bonchev–Trinajstić information content (AvgIpc) is 2.67. The molecule has 5 nitrogen and oxygen atoms in total. The van der Waals surface area contributed by atoms with Gasteiger partial charge in [-0.05, 0) is 92.7 Å². The lowest BCUT2D eigenvalue weighted by Gasteiger charge is -2.56. The minimum absolute atomic E-state index is 0.00326. The number of amides is 3. The number of benzene rings is 1. The quantitative estimate of drug-likeness (QED) is 0.406. The summed E-state index contributed by atoms with van der Waals surface area (Å²) in [4.78, 5) is 25.4. The number of urea groups is 1. The summed E-state index contributed by atoms with van der Waals surface area (Å²) in [7, 11) is 0. The molecular formula is C23H32FN3O2S. The van der Waals surface area contributed by atoms with Gasteiger partial charge in [0, 0.05) is 29.9 Å². The summed E-state index contributed by atoms with van der Waals surface area (Å²) >= 11 is 1.65. The average molecular weight is 434 g/mol. The summed E-state index contributed by atoms with van der Waals surface area (Å²) in [5.74, 6) is 2.97. The zero-order valence-corrected chi connectivity index (χ0v) is 18.2. The maximum atomic E-state index is 12.9. The molecule has 0 aromatic heterocycles. The van der Waals surface area contributed by atoms with E-state index >= 15 is 0 Å². The second kappa shape index (κ2) is 9.58. The van der Waals surface area contributed by atoms with Crippen LogP contribution in [-0.2, 0) is 4.79 Å². The van der Waals surface area contributed by atoms with Crippen LogP contribution in [0.3, 0.4) is 0 Å². The number of carbonyl (C=O) groups is 2. The van der Waals surface area contributed by atoms with Crippen molar-refractivity contribution in [3.63, 3.8) is 0 Å². The van der Waals surface area contributed by atoms with Crippen molar-refractivity contribution in [2.75, 3.05) is 18.8 Å². The topological polar surface area (TPSA) is 70.2 Å². The summed E-state index contributed by atoms with van der Waals surface area (Å²) in [5, 5.41) is 9.03. The molecule has 0 heterocycles. The minimum Gasteiger partial charge on any atom is -0.356 e. The van der Waals surface area contributed by atoms with Crippen LogP contribution in [0.2, 0.25) is 0 Å². The molecule has 0 radical (unpaired) electrons. The third-order valence-corrected chi connectivity index (χ3v) is 7.88. The van der Waals surface area contributed by atoms with E-state index in [0.29, 0.717) is 19.5 Å². The first kappa shape index (κ1) is 21.5. The van der Waals surface area contributed by atoms with Crippen LogP contribution in [0.1, 0.15) is 51.4 Å². The molecule has 4 saturated carbocycles. The Morgan fingerprint density at radius 2 is 1.60 bits per heavy atom. The van der Waals surface area contributed by atoms with Crippen molar-refractivity contribution in [1.82, 2.24) is 16.0 Å². The van der Waals surface area contributed by atoms with Gasteiger partial charge in [0.15, 0.2) is 0 Å². The van der Waals surface area contributed by atoms with E-state index in [2.05, 4.69) is 16.0 Å². The number of thioether (sulfide) groups is 1. The first-order valence-electron chi connectivity index (χ1n) is 11.2. The molecule has 0 aliphatic heterocycles. The van der Waals surface area contributed by atoms with Gasteiger partial charge in [0.2, 0.25) is 5.91 Å². The van der Waals surface area contributed by atoms with Crippen LogP contribution in [-0.4, -0.2) is 36.3 Å². The Bertz CT molecular complexity index is 720. The van der Waals surface area contributed by atoms with Crippen molar-refractivity contribution in [3.05, 3.63) is 30.1 Å². The van der Waals surface area contributed by atoms with Crippen LogP contribution in [0.4, 0.5) is 9.18 Å². The van der Waals surface area contributed by atoms with E-state index in [9.17, 15) is 14.0 Å². The van der Waals surface area contributed by atoms with Crippen LogP contribution < -0.4 is 16.0 Å². The number of halogens is 1. The van der Waals surface area contributed by atoms with E-state index in [1.165, 1.54) is 31.4 Å². The Kier molecular flexibility index (Phi) is 6.86. The summed E-state index contributed by atoms with van der Waals surface area (Å²) in [6.07, 6.45) is 8.57. The Balaban J connectivity index is 1.06. The first-order valence-corrected chi connectivity index (χ1v) is 12.2. The maximum absolute atomic E-state index is 12.9. The van der Waals surface area contributed by atoms with Gasteiger partial charge in [0.1, 0.15) is 5.82 Å². The van der Waals surface area contributed by atoms with Gasteiger partial charge in [-0.3, -0.25) is 4.79 Å². The van der Waals surface area contributed by atoms with Gasteiger partial charge in [0.25, 0.3) is 0 Å². The molecule has 1 aromatic carbocycles. The fourth-order valence-corrected chi connectivity index (χ4v) is 6.80. The monoisotopic (exact) mass is 433 g/mol. The molecule has 5 rings (SSSR count). The fourth-order valence-electron chi connectivity index (χ4n) is 5.95. The van der Waals surface area contributed by atoms with Crippen molar-refractivity contribution in [1.29, 1.82) is 0 Å². The van der Waals surface area contributed by atoms with Crippen molar-refractivity contribution < 1.29 is 14.0 Å². The van der Waals surface area contributed by atoms with E-state index < -0.39 is 0 Å². The highest BCUT2D eigenvalue weighted by molar-refractivity contribution is 7.99. The lowest BCUT2D eigenvalue weighted by molar-refractivity contribution is -0.120. The Labute approximate surface area is 182 Å². The van der Waals surface area contributed by atoms with E-state index in [1.807, 2.05) is 0 Å². The summed E-state index contributed by atoms with van der Waals surface area (Å²) < 4.78 is 12.9. The number of hydrogen-bond acceptors (Lipinski definition) is 3. The predicted molar refractivity (Wildman–Crippen MR) is 117 cm³/mol. The molecule has 0 atom stereocenters. The predicted octanol–water partition coefficient (Wildman–Crippen LogP) is 4.08. The molecular weight excluding hydrogens is 401 g/mol. The van der Waals surface area contributed by atoms with Crippen LogP contribution in [0.15, 0.2) is 29.2 Å². The van der Waals surface area contributed by atoms with E-state index in [0.717, 1.165) is 54.1 Å². The highest BCUT2D eigenvalue weighted by Gasteiger charge is 2.51. The lowest BCUT2D eigenvalue weighted by Crippen LogP contribution is -2.61. The molecule has 4 fully saturated rings. The molecule has 0 unspecified atom stereocenters. The third-order valence-electron chi connectivity index (χ3n) is 6.78.